The molecule has 140 valence electrons. The van der Waals surface area contributed by atoms with E-state index in [1.807, 2.05) is 73.3 Å². The molecule has 0 saturated carbocycles. The van der Waals surface area contributed by atoms with Gasteiger partial charge in [0.1, 0.15) is 0 Å². The molecule has 0 bridgehead atoms. The highest BCUT2D eigenvalue weighted by Crippen LogP contribution is 2.28. The third-order valence-corrected chi connectivity index (χ3v) is 5.80. The SMILES string of the molecule is Cc1ccc(Nc2nnc(SCC(=O)N(c3ccccc3)C(C)C)s2)cc1. The smallest absolute Gasteiger partial charge is 0.237 e. The molecule has 5 nitrogen and oxygen atoms in total. The first kappa shape index (κ1) is 19.4. The van der Waals surface area contributed by atoms with E-state index in [1.54, 1.807) is 0 Å². The fourth-order valence-electron chi connectivity index (χ4n) is 2.59. The fraction of sp³-hybridized carbons (Fsp3) is 0.250. The second kappa shape index (κ2) is 9.01. The summed E-state index contributed by atoms with van der Waals surface area (Å²) >= 11 is 2.87. The lowest BCUT2D eigenvalue weighted by Crippen LogP contribution is -2.38. The van der Waals surface area contributed by atoms with Crippen molar-refractivity contribution in [1.82, 2.24) is 10.2 Å². The summed E-state index contributed by atoms with van der Waals surface area (Å²) in [4.78, 5) is 14.6. The molecule has 0 atom stereocenters. The Labute approximate surface area is 167 Å². The molecule has 1 aromatic heterocycles. The number of anilines is 3. The van der Waals surface area contributed by atoms with E-state index in [4.69, 9.17) is 0 Å². The van der Waals surface area contributed by atoms with Gasteiger partial charge in [-0.2, -0.15) is 0 Å². The van der Waals surface area contributed by atoms with E-state index < -0.39 is 0 Å². The van der Waals surface area contributed by atoms with Crippen molar-refractivity contribution in [2.75, 3.05) is 16.0 Å². The van der Waals surface area contributed by atoms with Crippen LogP contribution in [0.1, 0.15) is 19.4 Å². The molecule has 1 heterocycles. The van der Waals surface area contributed by atoms with Gasteiger partial charge < -0.3 is 10.2 Å². The highest BCUT2D eigenvalue weighted by atomic mass is 32.2. The Bertz CT molecular complexity index is 879. The Morgan fingerprint density at radius 3 is 2.48 bits per heavy atom. The van der Waals surface area contributed by atoms with Gasteiger partial charge >= 0.3 is 0 Å². The Balaban J connectivity index is 1.60. The van der Waals surface area contributed by atoms with Crippen molar-refractivity contribution in [2.45, 2.75) is 31.2 Å². The number of hydrogen-bond donors (Lipinski definition) is 1. The van der Waals surface area contributed by atoms with Crippen LogP contribution >= 0.6 is 23.1 Å². The second-order valence-corrected chi connectivity index (χ2v) is 8.55. The van der Waals surface area contributed by atoms with Gasteiger partial charge in [0.05, 0.1) is 5.75 Å². The van der Waals surface area contributed by atoms with E-state index in [-0.39, 0.29) is 11.9 Å². The third-order valence-electron chi connectivity index (χ3n) is 3.85. The molecular weight excluding hydrogens is 376 g/mol. The minimum Gasteiger partial charge on any atom is -0.330 e. The van der Waals surface area contributed by atoms with Crippen LogP contribution in [0.2, 0.25) is 0 Å². The summed E-state index contributed by atoms with van der Waals surface area (Å²) in [6.45, 7) is 6.09. The number of hydrogen-bond acceptors (Lipinski definition) is 6. The number of rotatable bonds is 7. The Hall–Kier alpha value is -2.38. The van der Waals surface area contributed by atoms with Crippen LogP contribution in [0.15, 0.2) is 58.9 Å². The summed E-state index contributed by atoms with van der Waals surface area (Å²) in [6, 6.07) is 17.9. The number of nitrogens with one attached hydrogen (secondary N) is 1. The van der Waals surface area contributed by atoms with Crippen LogP contribution < -0.4 is 10.2 Å². The standard InChI is InChI=1S/C20H22N4OS2/c1-14(2)24(17-7-5-4-6-8-17)18(25)13-26-20-23-22-19(27-20)21-16-11-9-15(3)10-12-16/h4-12,14H,13H2,1-3H3,(H,21,22). The molecule has 1 amide bonds. The maximum absolute atomic E-state index is 12.7. The molecule has 3 aromatic rings. The molecule has 7 heteroatoms. The molecule has 0 fully saturated rings. The topological polar surface area (TPSA) is 58.1 Å². The van der Waals surface area contributed by atoms with Gasteiger partial charge in [0.2, 0.25) is 11.0 Å². The second-order valence-electron chi connectivity index (χ2n) is 6.35. The normalized spacial score (nSPS) is 10.8. The first-order chi connectivity index (χ1) is 13.0. The number of carbonyl (C=O) groups excluding carboxylic acids is 1. The lowest BCUT2D eigenvalue weighted by atomic mass is 10.2. The van der Waals surface area contributed by atoms with Gasteiger partial charge in [0.15, 0.2) is 4.34 Å². The van der Waals surface area contributed by atoms with Gasteiger partial charge in [-0.3, -0.25) is 4.79 Å². The third kappa shape index (κ3) is 5.30. The summed E-state index contributed by atoms with van der Waals surface area (Å²) in [6.07, 6.45) is 0. The van der Waals surface area contributed by atoms with Crippen LogP contribution in [0.25, 0.3) is 0 Å². The van der Waals surface area contributed by atoms with E-state index in [0.717, 1.165) is 20.8 Å². The van der Waals surface area contributed by atoms with Gasteiger partial charge in [-0.1, -0.05) is 59.0 Å². The number of aromatic nitrogens is 2. The molecule has 0 spiro atoms. The number of aryl methyl sites for hydroxylation is 1. The number of nitrogens with zero attached hydrogens (tertiary/aromatic N) is 3. The maximum Gasteiger partial charge on any atom is 0.237 e. The lowest BCUT2D eigenvalue weighted by Gasteiger charge is -2.26. The number of amides is 1. The molecule has 0 aliphatic rings. The van der Waals surface area contributed by atoms with E-state index in [1.165, 1.54) is 28.7 Å². The molecule has 27 heavy (non-hydrogen) atoms. The molecule has 0 unspecified atom stereocenters. The van der Waals surface area contributed by atoms with Crippen LogP contribution in [0.3, 0.4) is 0 Å². The van der Waals surface area contributed by atoms with Crippen LogP contribution in [0.4, 0.5) is 16.5 Å². The zero-order valence-electron chi connectivity index (χ0n) is 15.5. The van der Waals surface area contributed by atoms with Crippen molar-refractivity contribution in [3.05, 3.63) is 60.2 Å². The molecule has 1 N–H and O–H groups in total. The highest BCUT2D eigenvalue weighted by Gasteiger charge is 2.19. The number of carbonyl (C=O) groups is 1. The fourth-order valence-corrected chi connectivity index (χ4v) is 4.22. The van der Waals surface area contributed by atoms with Crippen molar-refractivity contribution < 1.29 is 4.79 Å². The molecular formula is C20H22N4OS2. The molecule has 2 aromatic carbocycles. The predicted molar refractivity (Wildman–Crippen MR) is 114 cm³/mol. The van der Waals surface area contributed by atoms with Gasteiger partial charge in [-0.05, 0) is 45.0 Å². The van der Waals surface area contributed by atoms with Crippen LogP contribution in [0, 0.1) is 6.92 Å². The van der Waals surface area contributed by atoms with Crippen LogP contribution in [0.5, 0.6) is 0 Å². The minimum atomic E-state index is 0.0597. The lowest BCUT2D eigenvalue weighted by molar-refractivity contribution is -0.116. The molecule has 0 aliphatic heterocycles. The number of para-hydroxylation sites is 1. The maximum atomic E-state index is 12.7. The van der Waals surface area contributed by atoms with Crippen LogP contribution in [-0.4, -0.2) is 27.9 Å². The van der Waals surface area contributed by atoms with E-state index >= 15 is 0 Å². The summed E-state index contributed by atoms with van der Waals surface area (Å²) in [5.74, 6) is 0.385. The average molecular weight is 399 g/mol. The van der Waals surface area contributed by atoms with Gasteiger partial charge in [0.25, 0.3) is 0 Å². The van der Waals surface area contributed by atoms with Crippen LogP contribution in [-0.2, 0) is 4.79 Å². The minimum absolute atomic E-state index is 0.0597. The molecule has 3 rings (SSSR count). The first-order valence-corrected chi connectivity index (χ1v) is 10.5. The van der Waals surface area contributed by atoms with Crippen molar-refractivity contribution >= 4 is 45.5 Å². The monoisotopic (exact) mass is 398 g/mol. The summed E-state index contributed by atoms with van der Waals surface area (Å²) in [7, 11) is 0. The quantitative estimate of drug-likeness (QED) is 0.560. The van der Waals surface area contributed by atoms with Crippen molar-refractivity contribution in [2.24, 2.45) is 0 Å². The zero-order chi connectivity index (χ0) is 19.2. The van der Waals surface area contributed by atoms with Crippen molar-refractivity contribution in [1.29, 1.82) is 0 Å². The number of benzene rings is 2. The summed E-state index contributed by atoms with van der Waals surface area (Å²) in [5.41, 5.74) is 3.09. The molecule has 0 aliphatic carbocycles. The van der Waals surface area contributed by atoms with Crippen molar-refractivity contribution in [3.63, 3.8) is 0 Å². The number of thioether (sulfide) groups is 1. The predicted octanol–water partition coefficient (Wildman–Crippen LogP) is 5.12. The molecule has 0 radical (unpaired) electrons. The largest absolute Gasteiger partial charge is 0.330 e. The summed E-state index contributed by atoms with van der Waals surface area (Å²) < 4.78 is 0.773. The summed E-state index contributed by atoms with van der Waals surface area (Å²) in [5, 5.41) is 12.3. The molecule has 0 saturated heterocycles. The Morgan fingerprint density at radius 1 is 1.11 bits per heavy atom. The van der Waals surface area contributed by atoms with Gasteiger partial charge in [0, 0.05) is 17.4 Å². The first-order valence-electron chi connectivity index (χ1n) is 8.70. The Kier molecular flexibility index (Phi) is 6.47. The average Bonchev–Trinajstić information content (AvgIpc) is 3.10. The van der Waals surface area contributed by atoms with Gasteiger partial charge in [-0.15, -0.1) is 10.2 Å². The van der Waals surface area contributed by atoms with E-state index in [2.05, 4.69) is 22.4 Å². The zero-order valence-corrected chi connectivity index (χ0v) is 17.2. The van der Waals surface area contributed by atoms with Crippen molar-refractivity contribution in [3.8, 4) is 0 Å². The van der Waals surface area contributed by atoms with Gasteiger partial charge in [-0.25, -0.2) is 0 Å². The van der Waals surface area contributed by atoms with E-state index in [9.17, 15) is 4.79 Å². The van der Waals surface area contributed by atoms with E-state index in [0.29, 0.717) is 5.75 Å². The highest BCUT2D eigenvalue weighted by molar-refractivity contribution is 8.01. The Morgan fingerprint density at radius 2 is 1.81 bits per heavy atom.